The SMILES string of the molecule is Nc1nc2c(cnn2C(C(=O)O)c2ccccc2)c2nc(-c3ccco3)nn12. The maximum atomic E-state index is 12.0. The molecule has 1 unspecified atom stereocenters. The number of rotatable bonds is 4. The molecule has 10 heteroatoms. The van der Waals surface area contributed by atoms with Crippen molar-refractivity contribution < 1.29 is 14.3 Å². The third-order valence-corrected chi connectivity index (χ3v) is 4.39. The van der Waals surface area contributed by atoms with Gasteiger partial charge in [0.15, 0.2) is 23.1 Å². The lowest BCUT2D eigenvalue weighted by molar-refractivity contribution is -0.139. The van der Waals surface area contributed by atoms with Gasteiger partial charge in [0.05, 0.1) is 17.8 Å². The molecule has 0 aliphatic heterocycles. The van der Waals surface area contributed by atoms with Crippen molar-refractivity contribution in [2.24, 2.45) is 0 Å². The second-order valence-corrected chi connectivity index (χ2v) is 6.10. The maximum absolute atomic E-state index is 12.0. The maximum Gasteiger partial charge on any atom is 0.333 e. The van der Waals surface area contributed by atoms with Gasteiger partial charge in [-0.1, -0.05) is 30.3 Å². The van der Waals surface area contributed by atoms with Gasteiger partial charge >= 0.3 is 5.97 Å². The fourth-order valence-corrected chi connectivity index (χ4v) is 3.15. The Balaban J connectivity index is 1.75. The zero-order valence-electron chi connectivity index (χ0n) is 14.3. The molecule has 4 aromatic heterocycles. The summed E-state index contributed by atoms with van der Waals surface area (Å²) in [5.41, 5.74) is 7.35. The normalized spacial score (nSPS) is 12.6. The summed E-state index contributed by atoms with van der Waals surface area (Å²) in [6.07, 6.45) is 3.03. The third kappa shape index (κ3) is 2.31. The van der Waals surface area contributed by atoms with E-state index in [0.29, 0.717) is 33.8 Å². The molecule has 0 saturated carbocycles. The van der Waals surface area contributed by atoms with E-state index in [-0.39, 0.29) is 5.95 Å². The summed E-state index contributed by atoms with van der Waals surface area (Å²) in [5, 5.41) is 18.9. The predicted octanol–water partition coefficient (Wildman–Crippen LogP) is 1.99. The number of hydrogen-bond acceptors (Lipinski definition) is 7. The van der Waals surface area contributed by atoms with E-state index in [2.05, 4.69) is 20.2 Å². The predicted molar refractivity (Wildman–Crippen MR) is 98.4 cm³/mol. The Kier molecular flexibility index (Phi) is 3.38. The molecule has 0 aliphatic carbocycles. The van der Waals surface area contributed by atoms with E-state index in [4.69, 9.17) is 10.2 Å². The highest BCUT2D eigenvalue weighted by Crippen LogP contribution is 2.27. The molecule has 5 aromatic rings. The van der Waals surface area contributed by atoms with Crippen LogP contribution in [-0.4, -0.2) is 40.4 Å². The molecule has 0 amide bonds. The number of carboxylic acids is 1. The minimum Gasteiger partial charge on any atom is -0.479 e. The highest BCUT2D eigenvalue weighted by molar-refractivity contribution is 5.91. The molecule has 0 radical (unpaired) electrons. The Bertz CT molecular complexity index is 1310. The number of carbonyl (C=O) groups is 1. The number of nitrogens with two attached hydrogens (primary N) is 1. The fourth-order valence-electron chi connectivity index (χ4n) is 3.15. The summed E-state index contributed by atoms with van der Waals surface area (Å²) < 4.78 is 8.04. The molecule has 1 atom stereocenters. The van der Waals surface area contributed by atoms with E-state index < -0.39 is 12.0 Å². The molecule has 0 saturated heterocycles. The van der Waals surface area contributed by atoms with Crippen molar-refractivity contribution in [2.45, 2.75) is 6.04 Å². The minimum atomic E-state index is -1.06. The van der Waals surface area contributed by atoms with Crippen molar-refractivity contribution in [1.29, 1.82) is 0 Å². The highest BCUT2D eigenvalue weighted by Gasteiger charge is 2.27. The summed E-state index contributed by atoms with van der Waals surface area (Å²) in [7, 11) is 0. The summed E-state index contributed by atoms with van der Waals surface area (Å²) in [4.78, 5) is 20.8. The van der Waals surface area contributed by atoms with Crippen LogP contribution in [0.1, 0.15) is 11.6 Å². The third-order valence-electron chi connectivity index (χ3n) is 4.39. The standard InChI is InChI=1S/C18H13N7O3/c19-18-22-16-11(15-21-14(23-25(15)18)12-7-4-8-28-12)9-20-24(16)13(17(26)27)10-5-2-1-3-6-10/h1-9,13H,(H2,19,22)(H,26,27). The van der Waals surface area contributed by atoms with E-state index >= 15 is 0 Å². The average Bonchev–Trinajstić information content (AvgIpc) is 3.42. The van der Waals surface area contributed by atoms with Crippen LogP contribution >= 0.6 is 0 Å². The average molecular weight is 375 g/mol. The van der Waals surface area contributed by atoms with Crippen LogP contribution in [0, 0.1) is 0 Å². The molecule has 3 N–H and O–H groups in total. The van der Waals surface area contributed by atoms with Crippen LogP contribution < -0.4 is 5.73 Å². The van der Waals surface area contributed by atoms with Crippen LogP contribution in [0.5, 0.6) is 0 Å². The molecular weight excluding hydrogens is 362 g/mol. The molecule has 0 spiro atoms. The Hall–Kier alpha value is -4.21. The van der Waals surface area contributed by atoms with E-state index in [0.717, 1.165) is 0 Å². The first-order valence-electron chi connectivity index (χ1n) is 8.34. The van der Waals surface area contributed by atoms with E-state index in [1.54, 1.807) is 36.4 Å². The van der Waals surface area contributed by atoms with Crippen molar-refractivity contribution in [3.05, 3.63) is 60.5 Å². The second-order valence-electron chi connectivity index (χ2n) is 6.10. The van der Waals surface area contributed by atoms with Gasteiger partial charge in [-0.3, -0.25) is 0 Å². The molecular formula is C18H13N7O3. The number of fused-ring (bicyclic) bond motifs is 3. The van der Waals surface area contributed by atoms with Crippen molar-refractivity contribution in [1.82, 2.24) is 29.4 Å². The van der Waals surface area contributed by atoms with E-state index in [9.17, 15) is 9.90 Å². The molecule has 0 bridgehead atoms. The first kappa shape index (κ1) is 16.0. The van der Waals surface area contributed by atoms with Crippen molar-refractivity contribution in [3.8, 4) is 11.6 Å². The Morgan fingerprint density at radius 2 is 1.93 bits per heavy atom. The zero-order chi connectivity index (χ0) is 19.3. The molecule has 4 heterocycles. The number of anilines is 1. The van der Waals surface area contributed by atoms with Crippen LogP contribution in [0.15, 0.2) is 59.3 Å². The first-order chi connectivity index (χ1) is 13.6. The lowest BCUT2D eigenvalue weighted by Crippen LogP contribution is -2.22. The zero-order valence-corrected chi connectivity index (χ0v) is 14.3. The summed E-state index contributed by atoms with van der Waals surface area (Å²) in [6.45, 7) is 0. The lowest BCUT2D eigenvalue weighted by atomic mass is 10.1. The number of hydrogen-bond donors (Lipinski definition) is 2. The van der Waals surface area contributed by atoms with Crippen molar-refractivity contribution in [3.63, 3.8) is 0 Å². The smallest absolute Gasteiger partial charge is 0.333 e. The fraction of sp³-hybridized carbons (Fsp3) is 0.0556. The Morgan fingerprint density at radius 1 is 1.11 bits per heavy atom. The molecule has 1 aromatic carbocycles. The number of nitrogen functional groups attached to an aromatic ring is 1. The lowest BCUT2D eigenvalue weighted by Gasteiger charge is -2.14. The van der Waals surface area contributed by atoms with E-state index in [1.165, 1.54) is 21.7 Å². The topological polar surface area (TPSA) is 137 Å². The number of aliphatic carboxylic acids is 1. The molecule has 138 valence electrons. The summed E-state index contributed by atoms with van der Waals surface area (Å²) in [6, 6.07) is 11.2. The number of nitrogens with zero attached hydrogens (tertiary/aromatic N) is 6. The van der Waals surface area contributed by atoms with Gasteiger partial charge in [0, 0.05) is 0 Å². The van der Waals surface area contributed by atoms with Crippen LogP contribution in [0.4, 0.5) is 5.95 Å². The van der Waals surface area contributed by atoms with Gasteiger partial charge in [-0.25, -0.2) is 14.5 Å². The van der Waals surface area contributed by atoms with Gasteiger partial charge in [0.25, 0.3) is 0 Å². The number of aromatic nitrogens is 6. The minimum absolute atomic E-state index is 0.0618. The van der Waals surface area contributed by atoms with Crippen LogP contribution in [0.3, 0.4) is 0 Å². The Morgan fingerprint density at radius 3 is 2.64 bits per heavy atom. The molecule has 10 nitrogen and oxygen atoms in total. The summed E-state index contributed by atoms with van der Waals surface area (Å²) >= 11 is 0. The monoisotopic (exact) mass is 375 g/mol. The summed E-state index contributed by atoms with van der Waals surface area (Å²) in [5.74, 6) is -0.172. The number of furan rings is 1. The molecule has 0 aliphatic rings. The van der Waals surface area contributed by atoms with Gasteiger partial charge in [0.1, 0.15) is 0 Å². The first-order valence-corrected chi connectivity index (χ1v) is 8.34. The Labute approximate surface area is 156 Å². The number of benzene rings is 1. The van der Waals surface area contributed by atoms with E-state index in [1.807, 2.05) is 6.07 Å². The van der Waals surface area contributed by atoms with Gasteiger partial charge < -0.3 is 15.3 Å². The van der Waals surface area contributed by atoms with Crippen LogP contribution in [0.2, 0.25) is 0 Å². The van der Waals surface area contributed by atoms with Gasteiger partial charge in [0.2, 0.25) is 11.8 Å². The molecule has 28 heavy (non-hydrogen) atoms. The van der Waals surface area contributed by atoms with Crippen molar-refractivity contribution >= 4 is 28.6 Å². The van der Waals surface area contributed by atoms with Gasteiger partial charge in [-0.2, -0.15) is 14.6 Å². The van der Waals surface area contributed by atoms with Crippen molar-refractivity contribution in [2.75, 3.05) is 5.73 Å². The van der Waals surface area contributed by atoms with Gasteiger partial charge in [-0.15, -0.1) is 5.10 Å². The largest absolute Gasteiger partial charge is 0.479 e. The molecule has 0 fully saturated rings. The number of carboxylic acid groups (broad SMARTS) is 1. The molecule has 5 rings (SSSR count). The second kappa shape index (κ2) is 5.91. The highest BCUT2D eigenvalue weighted by atomic mass is 16.4. The van der Waals surface area contributed by atoms with Gasteiger partial charge in [-0.05, 0) is 17.7 Å². The van der Waals surface area contributed by atoms with Crippen LogP contribution in [-0.2, 0) is 4.79 Å². The quantitative estimate of drug-likeness (QED) is 0.486. The van der Waals surface area contributed by atoms with Crippen LogP contribution in [0.25, 0.3) is 28.3 Å².